The summed E-state index contributed by atoms with van der Waals surface area (Å²) in [6, 6.07) is 52.8. The van der Waals surface area contributed by atoms with Gasteiger partial charge in [-0.3, -0.25) is 0 Å². The third-order valence-electron chi connectivity index (χ3n) is 13.2. The molecule has 2 aromatic heterocycles. The summed E-state index contributed by atoms with van der Waals surface area (Å²) in [4.78, 5) is 2.46. The SMILES string of the molecule is c1ccc(-c2ccccc2N(c2ccc3c(c2)oc2ccccc23)c2cc3c(oc4cccc(C56CC7CC(CC(C7)C5)C6)c43)c3ccccc23)cc1. The molecule has 4 aliphatic rings. The Labute approximate surface area is 308 Å². The first-order valence-corrected chi connectivity index (χ1v) is 19.4. The number of nitrogens with zero attached hydrogens (tertiary/aromatic N) is 1. The van der Waals surface area contributed by atoms with Crippen molar-refractivity contribution in [3.8, 4) is 11.1 Å². The van der Waals surface area contributed by atoms with Crippen LogP contribution in [-0.4, -0.2) is 0 Å². The fourth-order valence-electron chi connectivity index (χ4n) is 11.5. The molecule has 4 fully saturated rings. The van der Waals surface area contributed by atoms with Crippen molar-refractivity contribution in [1.82, 2.24) is 0 Å². The van der Waals surface area contributed by atoms with Crippen LogP contribution in [0.1, 0.15) is 44.1 Å². The largest absolute Gasteiger partial charge is 0.456 e. The van der Waals surface area contributed by atoms with Gasteiger partial charge in [-0.2, -0.15) is 0 Å². The second-order valence-corrected chi connectivity index (χ2v) is 16.3. The topological polar surface area (TPSA) is 29.5 Å². The average Bonchev–Trinajstić information content (AvgIpc) is 3.76. The fourth-order valence-corrected chi connectivity index (χ4v) is 11.5. The van der Waals surface area contributed by atoms with Gasteiger partial charge in [0.05, 0.1) is 11.4 Å². The van der Waals surface area contributed by atoms with E-state index in [-0.39, 0.29) is 5.41 Å². The Hall–Kier alpha value is -5.80. The highest BCUT2D eigenvalue weighted by atomic mass is 16.3. The summed E-state index contributed by atoms with van der Waals surface area (Å²) in [6.45, 7) is 0. The highest BCUT2D eigenvalue weighted by Gasteiger charge is 2.52. The van der Waals surface area contributed by atoms with Crippen molar-refractivity contribution in [3.63, 3.8) is 0 Å². The molecular formula is C50H39NO2. The summed E-state index contributed by atoms with van der Waals surface area (Å²) in [5, 5.41) is 7.09. The van der Waals surface area contributed by atoms with E-state index in [1.165, 1.54) is 66.0 Å². The van der Waals surface area contributed by atoms with Crippen molar-refractivity contribution >= 4 is 71.7 Å². The molecule has 3 heteroatoms. The maximum absolute atomic E-state index is 6.97. The average molecular weight is 686 g/mol. The van der Waals surface area contributed by atoms with Crippen molar-refractivity contribution in [3.05, 3.63) is 151 Å². The van der Waals surface area contributed by atoms with Crippen LogP contribution in [0.3, 0.4) is 0 Å². The molecule has 256 valence electrons. The second-order valence-electron chi connectivity index (χ2n) is 16.3. The molecule has 0 aliphatic heterocycles. The van der Waals surface area contributed by atoms with E-state index in [4.69, 9.17) is 8.83 Å². The van der Waals surface area contributed by atoms with Crippen LogP contribution in [0.15, 0.2) is 154 Å². The normalized spacial score (nSPS) is 22.2. The third-order valence-corrected chi connectivity index (χ3v) is 13.2. The van der Waals surface area contributed by atoms with Crippen LogP contribution in [0.25, 0.3) is 65.8 Å². The zero-order chi connectivity index (χ0) is 34.7. The van der Waals surface area contributed by atoms with Crippen LogP contribution >= 0.6 is 0 Å². The number of anilines is 3. The number of hydrogen-bond acceptors (Lipinski definition) is 3. The minimum atomic E-state index is 0.239. The van der Waals surface area contributed by atoms with Crippen LogP contribution in [0.2, 0.25) is 0 Å². The molecule has 0 saturated heterocycles. The Bertz CT molecular complexity index is 2860. The van der Waals surface area contributed by atoms with Crippen molar-refractivity contribution < 1.29 is 8.83 Å². The minimum absolute atomic E-state index is 0.239. The predicted molar refractivity (Wildman–Crippen MR) is 218 cm³/mol. The van der Waals surface area contributed by atoms with Gasteiger partial charge in [0.2, 0.25) is 0 Å². The van der Waals surface area contributed by atoms with E-state index in [2.05, 4.69) is 144 Å². The lowest BCUT2D eigenvalue weighted by molar-refractivity contribution is -0.00448. The fraction of sp³-hybridized carbons (Fsp3) is 0.200. The number of para-hydroxylation sites is 2. The summed E-state index contributed by atoms with van der Waals surface area (Å²) in [7, 11) is 0. The first kappa shape index (κ1) is 29.7. The first-order chi connectivity index (χ1) is 26.2. The van der Waals surface area contributed by atoms with Gasteiger partial charge in [0.1, 0.15) is 22.3 Å². The first-order valence-electron chi connectivity index (χ1n) is 19.4. The Morgan fingerprint density at radius 1 is 0.472 bits per heavy atom. The lowest BCUT2D eigenvalue weighted by Crippen LogP contribution is -2.48. The summed E-state index contributed by atoms with van der Waals surface area (Å²) < 4.78 is 13.5. The van der Waals surface area contributed by atoms with Gasteiger partial charge in [-0.1, -0.05) is 103 Å². The molecule has 4 bridgehead atoms. The molecule has 13 rings (SSSR count). The highest BCUT2D eigenvalue weighted by molar-refractivity contribution is 6.21. The molecule has 4 aliphatic carbocycles. The molecule has 0 amide bonds. The Morgan fingerprint density at radius 3 is 1.94 bits per heavy atom. The Morgan fingerprint density at radius 2 is 1.13 bits per heavy atom. The molecule has 0 unspecified atom stereocenters. The highest BCUT2D eigenvalue weighted by Crippen LogP contribution is 2.62. The maximum Gasteiger partial charge on any atom is 0.143 e. The molecule has 3 nitrogen and oxygen atoms in total. The Balaban J connectivity index is 1.16. The number of fused-ring (bicyclic) bond motifs is 8. The van der Waals surface area contributed by atoms with E-state index in [1.54, 1.807) is 0 Å². The number of furan rings is 2. The monoisotopic (exact) mass is 685 g/mol. The third kappa shape index (κ3) is 4.40. The smallest absolute Gasteiger partial charge is 0.143 e. The van der Waals surface area contributed by atoms with Gasteiger partial charge < -0.3 is 13.7 Å². The van der Waals surface area contributed by atoms with E-state index < -0.39 is 0 Å². The summed E-state index contributed by atoms with van der Waals surface area (Å²) in [5.74, 6) is 2.60. The van der Waals surface area contributed by atoms with E-state index in [1.807, 2.05) is 6.07 Å². The van der Waals surface area contributed by atoms with Crippen molar-refractivity contribution in [2.75, 3.05) is 4.90 Å². The lowest BCUT2D eigenvalue weighted by Gasteiger charge is -2.57. The Kier molecular flexibility index (Phi) is 6.23. The molecule has 0 N–H and O–H groups in total. The van der Waals surface area contributed by atoms with Gasteiger partial charge >= 0.3 is 0 Å². The summed E-state index contributed by atoms with van der Waals surface area (Å²) >= 11 is 0. The van der Waals surface area contributed by atoms with Gasteiger partial charge in [0.25, 0.3) is 0 Å². The van der Waals surface area contributed by atoms with Crippen LogP contribution in [-0.2, 0) is 5.41 Å². The van der Waals surface area contributed by atoms with Gasteiger partial charge in [-0.05, 0) is 109 Å². The summed E-state index contributed by atoms with van der Waals surface area (Å²) in [6.07, 6.45) is 8.25. The molecule has 53 heavy (non-hydrogen) atoms. The minimum Gasteiger partial charge on any atom is -0.456 e. The van der Waals surface area contributed by atoms with Gasteiger partial charge in [-0.15, -0.1) is 0 Å². The van der Waals surface area contributed by atoms with Gasteiger partial charge in [-0.25, -0.2) is 0 Å². The number of benzene rings is 7. The zero-order valence-corrected chi connectivity index (χ0v) is 29.6. The molecule has 0 atom stereocenters. The van der Waals surface area contributed by atoms with Crippen LogP contribution in [0.4, 0.5) is 17.1 Å². The summed E-state index contributed by atoms with van der Waals surface area (Å²) in [5.41, 5.74) is 11.2. The van der Waals surface area contributed by atoms with Crippen molar-refractivity contribution in [2.24, 2.45) is 17.8 Å². The number of rotatable bonds is 5. The molecule has 9 aromatic rings. The molecular weight excluding hydrogens is 647 g/mol. The zero-order valence-electron chi connectivity index (χ0n) is 29.6. The van der Waals surface area contributed by atoms with Gasteiger partial charge in [0.15, 0.2) is 0 Å². The molecule has 0 radical (unpaired) electrons. The molecule has 4 saturated carbocycles. The van der Waals surface area contributed by atoms with E-state index >= 15 is 0 Å². The van der Waals surface area contributed by atoms with Crippen LogP contribution in [0.5, 0.6) is 0 Å². The van der Waals surface area contributed by atoms with E-state index in [0.717, 1.165) is 78.7 Å². The van der Waals surface area contributed by atoms with Crippen molar-refractivity contribution in [1.29, 1.82) is 0 Å². The molecule has 0 spiro atoms. The standard InChI is InChI=1S/C50H39NO2/c1-2-11-34(12-3-1)36-13-6-8-18-43(36)51(35-21-22-39-38-15-7-9-19-45(38)52-47(39)26-35)44-27-41-48-42(50-28-31-23-32(29-50)25-33(24-31)30-50)17-10-20-46(48)53-49(41)40-16-5-4-14-37(40)44/h1-22,26-27,31-33H,23-25,28-30H2. The van der Waals surface area contributed by atoms with Crippen molar-refractivity contribution in [2.45, 2.75) is 43.9 Å². The van der Waals surface area contributed by atoms with Gasteiger partial charge in [0, 0.05) is 49.6 Å². The van der Waals surface area contributed by atoms with Crippen LogP contribution in [0, 0.1) is 17.8 Å². The lowest BCUT2D eigenvalue weighted by atomic mass is 9.48. The quantitative estimate of drug-likeness (QED) is 0.181. The molecule has 7 aromatic carbocycles. The maximum atomic E-state index is 6.97. The van der Waals surface area contributed by atoms with E-state index in [0.29, 0.717) is 0 Å². The second kappa shape index (κ2) is 11.1. The van der Waals surface area contributed by atoms with Crippen LogP contribution < -0.4 is 4.90 Å². The molecule has 2 heterocycles. The van der Waals surface area contributed by atoms with E-state index in [9.17, 15) is 0 Å². The number of hydrogen-bond donors (Lipinski definition) is 0. The predicted octanol–water partition coefficient (Wildman–Crippen LogP) is 14.2.